The van der Waals surface area contributed by atoms with E-state index in [-0.39, 0.29) is 10.8 Å². The van der Waals surface area contributed by atoms with E-state index in [1.54, 1.807) is 5.38 Å². The number of hydrogen-bond acceptors (Lipinski definition) is 4. The van der Waals surface area contributed by atoms with Crippen LogP contribution in [0.1, 0.15) is 16.1 Å². The number of likely N-dealkylation sites (N-methyl/N-ethyl adjacent to an activating group) is 1. The summed E-state index contributed by atoms with van der Waals surface area (Å²) in [4.78, 5) is 30.2. The molecule has 0 saturated carbocycles. The van der Waals surface area contributed by atoms with Crippen LogP contribution in [0.4, 0.5) is 0 Å². The maximum Gasteiger partial charge on any atom is 0.305 e. The molecule has 0 unspecified atom stereocenters. The van der Waals surface area contributed by atoms with Gasteiger partial charge < -0.3 is 9.88 Å². The number of benzene rings is 1. The Balaban J connectivity index is 1.70. The Bertz CT molecular complexity index is 695. The molecule has 1 amide bonds. The Morgan fingerprint density at radius 3 is 2.77 bits per heavy atom. The van der Waals surface area contributed by atoms with Crippen LogP contribution in [-0.4, -0.2) is 53.4 Å². The van der Waals surface area contributed by atoms with E-state index in [9.17, 15) is 9.59 Å². The normalized spacial score (nSPS) is 19.3. The molecule has 1 N–H and O–H groups in total. The molecule has 1 saturated heterocycles. The first-order valence-corrected chi connectivity index (χ1v) is 8.22. The molecule has 1 aliphatic rings. The van der Waals surface area contributed by atoms with Gasteiger partial charge in [0, 0.05) is 31.1 Å². The topological polar surface area (TPSA) is 56.4 Å². The number of nitrogens with one attached hydrogen (secondary N) is 1. The van der Waals surface area contributed by atoms with Gasteiger partial charge in [-0.3, -0.25) is 14.5 Å². The number of aromatic amines is 1. The van der Waals surface area contributed by atoms with Gasteiger partial charge in [0.1, 0.15) is 5.69 Å². The van der Waals surface area contributed by atoms with Crippen molar-refractivity contribution in [3.05, 3.63) is 56.6 Å². The monoisotopic (exact) mass is 317 g/mol. The molecule has 22 heavy (non-hydrogen) atoms. The van der Waals surface area contributed by atoms with Gasteiger partial charge in [-0.1, -0.05) is 41.7 Å². The highest BCUT2D eigenvalue weighted by Gasteiger charge is 2.28. The molecule has 5 nitrogen and oxygen atoms in total. The van der Waals surface area contributed by atoms with E-state index in [1.165, 1.54) is 5.56 Å². The number of thiazole rings is 1. The molecule has 1 aromatic carbocycles. The minimum absolute atomic E-state index is 0.0792. The van der Waals surface area contributed by atoms with Crippen LogP contribution >= 0.6 is 11.3 Å². The van der Waals surface area contributed by atoms with E-state index in [2.05, 4.69) is 29.1 Å². The molecule has 1 atom stereocenters. The summed E-state index contributed by atoms with van der Waals surface area (Å²) in [7, 11) is 2.10. The standard InChI is InChI=1S/C16H19N3O2S/c1-18-7-8-19(15(20)14-11-22-16(21)17-14)10-13(18)9-12-5-3-2-4-6-12/h2-6,11,13H,7-10H2,1H3,(H,17,21)/t13-/m0/s1. The van der Waals surface area contributed by atoms with Crippen LogP contribution in [-0.2, 0) is 6.42 Å². The first-order valence-electron chi connectivity index (χ1n) is 7.35. The molecule has 1 fully saturated rings. The van der Waals surface area contributed by atoms with Crippen molar-refractivity contribution < 1.29 is 4.79 Å². The van der Waals surface area contributed by atoms with Gasteiger partial charge in [-0.05, 0) is 19.0 Å². The second-order valence-electron chi connectivity index (χ2n) is 5.64. The molecule has 1 aliphatic heterocycles. The lowest BCUT2D eigenvalue weighted by molar-refractivity contribution is 0.0542. The van der Waals surface area contributed by atoms with E-state index < -0.39 is 0 Å². The third kappa shape index (κ3) is 3.28. The fourth-order valence-electron chi connectivity index (χ4n) is 2.79. The minimum Gasteiger partial charge on any atom is -0.334 e. The highest BCUT2D eigenvalue weighted by molar-refractivity contribution is 7.07. The number of H-pyrrole nitrogens is 1. The zero-order valence-electron chi connectivity index (χ0n) is 12.5. The highest BCUT2D eigenvalue weighted by atomic mass is 32.1. The summed E-state index contributed by atoms with van der Waals surface area (Å²) in [5, 5.41) is 1.61. The van der Waals surface area contributed by atoms with E-state index >= 15 is 0 Å². The maximum atomic E-state index is 12.5. The molecule has 1 aromatic heterocycles. The van der Waals surface area contributed by atoms with Crippen molar-refractivity contribution in [3.8, 4) is 0 Å². The van der Waals surface area contributed by atoms with Gasteiger partial charge in [0.2, 0.25) is 0 Å². The van der Waals surface area contributed by atoms with Gasteiger partial charge in [0.05, 0.1) is 0 Å². The van der Waals surface area contributed by atoms with Gasteiger partial charge in [-0.15, -0.1) is 0 Å². The maximum absolute atomic E-state index is 12.5. The van der Waals surface area contributed by atoms with Crippen molar-refractivity contribution in [2.75, 3.05) is 26.7 Å². The Morgan fingerprint density at radius 1 is 1.32 bits per heavy atom. The number of hydrogen-bond donors (Lipinski definition) is 1. The molecule has 2 heterocycles. The molecule has 2 aromatic rings. The van der Waals surface area contributed by atoms with Crippen molar-refractivity contribution in [2.45, 2.75) is 12.5 Å². The molecule has 0 radical (unpaired) electrons. The summed E-state index contributed by atoms with van der Waals surface area (Å²) >= 11 is 1.03. The van der Waals surface area contributed by atoms with Gasteiger partial charge in [-0.25, -0.2) is 0 Å². The van der Waals surface area contributed by atoms with Crippen LogP contribution in [0.2, 0.25) is 0 Å². The number of nitrogens with zero attached hydrogens (tertiary/aromatic N) is 2. The van der Waals surface area contributed by atoms with Gasteiger partial charge in [0.15, 0.2) is 0 Å². The van der Waals surface area contributed by atoms with Crippen LogP contribution in [0.3, 0.4) is 0 Å². The summed E-state index contributed by atoms with van der Waals surface area (Å²) in [6.45, 7) is 2.22. The molecule has 3 rings (SSSR count). The summed E-state index contributed by atoms with van der Waals surface area (Å²) in [5.41, 5.74) is 1.68. The zero-order valence-corrected chi connectivity index (χ0v) is 13.3. The van der Waals surface area contributed by atoms with Crippen molar-refractivity contribution in [2.24, 2.45) is 0 Å². The molecule has 0 aliphatic carbocycles. The lowest BCUT2D eigenvalue weighted by Crippen LogP contribution is -2.54. The third-order valence-electron chi connectivity index (χ3n) is 4.13. The second kappa shape index (κ2) is 6.46. The first kappa shape index (κ1) is 15.0. The average Bonchev–Trinajstić information content (AvgIpc) is 2.96. The SMILES string of the molecule is CN1CCN(C(=O)c2csc(=O)[nH]2)C[C@@H]1Cc1ccccc1. The Morgan fingerprint density at radius 2 is 2.09 bits per heavy atom. The van der Waals surface area contributed by atoms with Crippen molar-refractivity contribution >= 4 is 17.2 Å². The highest BCUT2D eigenvalue weighted by Crippen LogP contribution is 2.15. The van der Waals surface area contributed by atoms with E-state index in [1.807, 2.05) is 23.1 Å². The molecular weight excluding hydrogens is 298 g/mol. The van der Waals surface area contributed by atoms with Crippen LogP contribution in [0.15, 0.2) is 40.5 Å². The number of carbonyl (C=O) groups is 1. The van der Waals surface area contributed by atoms with E-state index in [0.717, 1.165) is 24.3 Å². The third-order valence-corrected chi connectivity index (χ3v) is 4.80. The predicted octanol–water partition coefficient (Wildman–Crippen LogP) is 1.44. The zero-order chi connectivity index (χ0) is 15.5. The average molecular weight is 317 g/mol. The lowest BCUT2D eigenvalue weighted by atomic mass is 10.0. The van der Waals surface area contributed by atoms with Crippen molar-refractivity contribution in [1.29, 1.82) is 0 Å². The number of aromatic nitrogens is 1. The molecular formula is C16H19N3O2S. The van der Waals surface area contributed by atoms with Crippen molar-refractivity contribution in [3.63, 3.8) is 0 Å². The number of amides is 1. The first-order chi connectivity index (χ1) is 10.6. The van der Waals surface area contributed by atoms with Crippen molar-refractivity contribution in [1.82, 2.24) is 14.8 Å². The van der Waals surface area contributed by atoms with Crippen LogP contribution < -0.4 is 4.87 Å². The Kier molecular flexibility index (Phi) is 4.40. The fraction of sp³-hybridized carbons (Fsp3) is 0.375. The van der Waals surface area contributed by atoms with Gasteiger partial charge >= 0.3 is 4.87 Å². The number of carbonyl (C=O) groups excluding carboxylic acids is 1. The summed E-state index contributed by atoms with van der Waals surface area (Å²) in [6.07, 6.45) is 0.918. The van der Waals surface area contributed by atoms with Gasteiger partial charge in [0.25, 0.3) is 5.91 Å². The quantitative estimate of drug-likeness (QED) is 0.932. The predicted molar refractivity (Wildman–Crippen MR) is 87.4 cm³/mol. The lowest BCUT2D eigenvalue weighted by Gasteiger charge is -2.39. The summed E-state index contributed by atoms with van der Waals surface area (Å²) < 4.78 is 0. The second-order valence-corrected chi connectivity index (χ2v) is 6.48. The fourth-order valence-corrected chi connectivity index (χ4v) is 3.35. The summed E-state index contributed by atoms with van der Waals surface area (Å²) in [6, 6.07) is 10.6. The Hall–Kier alpha value is -1.92. The summed E-state index contributed by atoms with van der Waals surface area (Å²) in [5.74, 6) is -0.0792. The van der Waals surface area contributed by atoms with Crippen LogP contribution in [0, 0.1) is 0 Å². The molecule has 116 valence electrons. The minimum atomic E-state index is -0.182. The van der Waals surface area contributed by atoms with E-state index in [4.69, 9.17) is 0 Å². The molecule has 6 heteroatoms. The molecule has 0 bridgehead atoms. The number of rotatable bonds is 3. The smallest absolute Gasteiger partial charge is 0.305 e. The number of piperazine rings is 1. The van der Waals surface area contributed by atoms with Crippen LogP contribution in [0.25, 0.3) is 0 Å². The van der Waals surface area contributed by atoms with Crippen LogP contribution in [0.5, 0.6) is 0 Å². The molecule has 0 spiro atoms. The van der Waals surface area contributed by atoms with Gasteiger partial charge in [-0.2, -0.15) is 0 Å². The Labute approximate surface area is 133 Å². The largest absolute Gasteiger partial charge is 0.334 e. The van der Waals surface area contributed by atoms with E-state index in [0.29, 0.717) is 24.8 Å².